The smallest absolute Gasteiger partial charge is 0.320 e. The van der Waals surface area contributed by atoms with Gasteiger partial charge >= 0.3 is 5.97 Å². The molecular weight excluding hydrogens is 208 g/mol. The van der Waals surface area contributed by atoms with Crippen LogP contribution in [0.4, 0.5) is 8.78 Å². The number of nitrogens with two attached hydrogens (primary N) is 2. The Labute approximate surface area is 86.2 Å². The number of halogens is 2. The second kappa shape index (κ2) is 5.59. The predicted octanol–water partition coefficient (Wildman–Crippen LogP) is -1.73. The van der Waals surface area contributed by atoms with Crippen LogP contribution in [0.2, 0.25) is 0 Å². The maximum atomic E-state index is 13.1. The third kappa shape index (κ3) is 6.78. The summed E-state index contributed by atoms with van der Waals surface area (Å²) in [6, 6.07) is -1.54. The molecule has 0 aromatic carbocycles. The van der Waals surface area contributed by atoms with Gasteiger partial charge in [0, 0.05) is 19.8 Å². The van der Waals surface area contributed by atoms with Crippen LogP contribution in [-0.2, 0) is 4.79 Å². The molecule has 0 aromatic heterocycles. The van der Waals surface area contributed by atoms with Crippen molar-refractivity contribution in [1.29, 1.82) is 0 Å². The quantitative estimate of drug-likeness (QED) is 0.318. The van der Waals surface area contributed by atoms with Gasteiger partial charge in [0.05, 0.1) is 6.54 Å². The number of hydrogen-bond donors (Lipinski definition) is 4. The molecule has 0 radical (unpaired) electrons. The number of carboxylic acid groups (broad SMARTS) is 1. The van der Waals surface area contributed by atoms with Crippen LogP contribution in [0.1, 0.15) is 19.8 Å². The third-order valence-electron chi connectivity index (χ3n) is 1.73. The fourth-order valence-corrected chi connectivity index (χ4v) is 0.954. The van der Waals surface area contributed by atoms with Gasteiger partial charge in [0.1, 0.15) is 6.04 Å². The van der Waals surface area contributed by atoms with E-state index in [1.165, 1.54) is 0 Å². The molecule has 0 aromatic rings. The van der Waals surface area contributed by atoms with Crippen LogP contribution < -0.4 is 16.5 Å². The molecule has 0 amide bonds. The first-order valence-electron chi connectivity index (χ1n) is 4.44. The molecule has 0 bridgehead atoms. The molecule has 0 rings (SSSR count). The third-order valence-corrected chi connectivity index (χ3v) is 1.73. The highest BCUT2D eigenvalue weighted by molar-refractivity contribution is 5.73. The fourth-order valence-electron chi connectivity index (χ4n) is 0.954. The Morgan fingerprint density at radius 3 is 2.53 bits per heavy atom. The summed E-state index contributed by atoms with van der Waals surface area (Å²) in [4.78, 5) is 12.8. The first-order valence-corrected chi connectivity index (χ1v) is 4.44. The number of hydrogen-bond acceptors (Lipinski definition) is 2. The van der Waals surface area contributed by atoms with Crippen molar-refractivity contribution in [1.82, 2.24) is 0 Å². The van der Waals surface area contributed by atoms with E-state index in [9.17, 15) is 13.6 Å². The van der Waals surface area contributed by atoms with Crippen molar-refractivity contribution in [2.45, 2.75) is 31.7 Å². The van der Waals surface area contributed by atoms with Crippen molar-refractivity contribution < 1.29 is 23.7 Å². The summed E-state index contributed by atoms with van der Waals surface area (Å²) in [7, 11) is 0. The minimum atomic E-state index is -3.10. The fraction of sp³-hybridized carbons (Fsp3) is 0.750. The average molecular weight is 224 g/mol. The van der Waals surface area contributed by atoms with Crippen LogP contribution in [0.3, 0.4) is 0 Å². The molecule has 0 saturated carbocycles. The second-order valence-electron chi connectivity index (χ2n) is 3.36. The molecule has 0 aliphatic rings. The molecule has 0 saturated heterocycles. The SMILES string of the molecule is CC(N)=[NH+]CCC(F)(F)CC(N)C(=O)O. The topological polar surface area (TPSA) is 103 Å². The normalized spacial score (nSPS) is 15.1. The van der Waals surface area contributed by atoms with Crippen molar-refractivity contribution in [3.05, 3.63) is 0 Å². The van der Waals surface area contributed by atoms with Crippen LogP contribution in [0.25, 0.3) is 0 Å². The van der Waals surface area contributed by atoms with E-state index in [1.807, 2.05) is 0 Å². The summed E-state index contributed by atoms with van der Waals surface area (Å²) < 4.78 is 26.1. The summed E-state index contributed by atoms with van der Waals surface area (Å²) in [5, 5.41) is 8.36. The van der Waals surface area contributed by atoms with Gasteiger partial charge in [0.15, 0.2) is 0 Å². The number of amidine groups is 1. The predicted molar refractivity (Wildman–Crippen MR) is 50.5 cm³/mol. The zero-order valence-corrected chi connectivity index (χ0v) is 8.46. The first kappa shape index (κ1) is 13.8. The summed E-state index contributed by atoms with van der Waals surface area (Å²) >= 11 is 0. The molecule has 0 aliphatic heterocycles. The molecule has 0 aliphatic carbocycles. The van der Waals surface area contributed by atoms with E-state index >= 15 is 0 Å². The standard InChI is InChI=1S/C8H15F2N3O2/c1-5(11)13-3-2-8(9,10)4-6(12)7(14)15/h6H,2-4,12H2,1H3,(H2,11,13)(H,14,15)/p+1. The van der Waals surface area contributed by atoms with E-state index < -0.39 is 30.8 Å². The lowest BCUT2D eigenvalue weighted by atomic mass is 10.1. The van der Waals surface area contributed by atoms with Crippen LogP contribution >= 0.6 is 0 Å². The first-order chi connectivity index (χ1) is 6.74. The number of rotatable bonds is 6. The van der Waals surface area contributed by atoms with E-state index in [1.54, 1.807) is 6.92 Å². The maximum absolute atomic E-state index is 13.1. The van der Waals surface area contributed by atoms with Gasteiger partial charge in [-0.3, -0.25) is 15.5 Å². The van der Waals surface area contributed by atoms with Gasteiger partial charge < -0.3 is 10.8 Å². The van der Waals surface area contributed by atoms with Gasteiger partial charge in [0.2, 0.25) is 5.84 Å². The largest absolute Gasteiger partial charge is 0.480 e. The van der Waals surface area contributed by atoms with Crippen LogP contribution in [0.5, 0.6) is 0 Å². The molecule has 1 unspecified atom stereocenters. The van der Waals surface area contributed by atoms with E-state index in [-0.39, 0.29) is 6.54 Å². The van der Waals surface area contributed by atoms with Crippen LogP contribution in [0, 0.1) is 0 Å². The monoisotopic (exact) mass is 224 g/mol. The molecule has 0 spiro atoms. The Hall–Kier alpha value is -1.24. The number of carboxylic acids is 1. The minimum absolute atomic E-state index is 0.0122. The summed E-state index contributed by atoms with van der Waals surface area (Å²) in [5.74, 6) is -4.18. The maximum Gasteiger partial charge on any atom is 0.320 e. The summed E-state index contributed by atoms with van der Waals surface area (Å²) in [5.41, 5.74) is 10.2. The van der Waals surface area contributed by atoms with E-state index in [0.29, 0.717) is 5.84 Å². The summed E-state index contributed by atoms with van der Waals surface area (Å²) in [6.45, 7) is 1.53. The van der Waals surface area contributed by atoms with E-state index in [0.717, 1.165) is 0 Å². The highest BCUT2D eigenvalue weighted by Crippen LogP contribution is 2.22. The zero-order valence-electron chi connectivity index (χ0n) is 8.46. The van der Waals surface area contributed by atoms with E-state index in [4.69, 9.17) is 16.6 Å². The lowest BCUT2D eigenvalue weighted by molar-refractivity contribution is -0.463. The molecule has 15 heavy (non-hydrogen) atoms. The number of nitrogens with one attached hydrogen (secondary N) is 1. The van der Waals surface area contributed by atoms with Crippen molar-refractivity contribution in [2.75, 3.05) is 6.54 Å². The van der Waals surface area contributed by atoms with Crippen molar-refractivity contribution in [2.24, 2.45) is 11.5 Å². The van der Waals surface area contributed by atoms with Gasteiger partial charge in [-0.25, -0.2) is 8.78 Å². The van der Waals surface area contributed by atoms with Gasteiger partial charge in [0.25, 0.3) is 5.92 Å². The molecular formula is C8H16F2N3O2+. The van der Waals surface area contributed by atoms with Gasteiger partial charge in [-0.1, -0.05) is 0 Å². The lowest BCUT2D eigenvalue weighted by Gasteiger charge is -2.16. The number of alkyl halides is 2. The van der Waals surface area contributed by atoms with Crippen molar-refractivity contribution in [3.8, 4) is 0 Å². The van der Waals surface area contributed by atoms with Crippen LogP contribution in [0.15, 0.2) is 0 Å². The van der Waals surface area contributed by atoms with Crippen molar-refractivity contribution in [3.63, 3.8) is 0 Å². The number of carbonyl (C=O) groups is 1. The lowest BCUT2D eigenvalue weighted by Crippen LogP contribution is -2.75. The molecule has 0 fully saturated rings. The highest BCUT2D eigenvalue weighted by Gasteiger charge is 2.33. The molecule has 1 atom stereocenters. The number of aliphatic carboxylic acids is 1. The van der Waals surface area contributed by atoms with E-state index in [2.05, 4.69) is 4.99 Å². The Morgan fingerprint density at radius 1 is 1.60 bits per heavy atom. The van der Waals surface area contributed by atoms with Gasteiger partial charge in [-0.05, 0) is 0 Å². The molecule has 6 N–H and O–H groups in total. The van der Waals surface area contributed by atoms with Crippen LogP contribution in [-0.4, -0.2) is 35.4 Å². The molecule has 0 heterocycles. The Balaban J connectivity index is 4.07. The zero-order chi connectivity index (χ0) is 12.1. The molecule has 88 valence electrons. The molecule has 5 nitrogen and oxygen atoms in total. The minimum Gasteiger partial charge on any atom is -0.480 e. The Bertz CT molecular complexity index is 252. The Kier molecular flexibility index (Phi) is 5.13. The van der Waals surface area contributed by atoms with Gasteiger partial charge in [-0.2, -0.15) is 0 Å². The average Bonchev–Trinajstić information content (AvgIpc) is 2.01. The molecule has 7 heteroatoms. The van der Waals surface area contributed by atoms with Crippen molar-refractivity contribution >= 4 is 11.8 Å². The van der Waals surface area contributed by atoms with Gasteiger partial charge in [-0.15, -0.1) is 0 Å². The Morgan fingerprint density at radius 2 is 2.13 bits per heavy atom. The second-order valence-corrected chi connectivity index (χ2v) is 3.36. The summed E-state index contributed by atoms with van der Waals surface area (Å²) in [6.07, 6.45) is -1.36. The highest BCUT2D eigenvalue weighted by atomic mass is 19.3.